The first kappa shape index (κ1) is 26.1. The van der Waals surface area contributed by atoms with Crippen molar-refractivity contribution in [3.05, 3.63) is 30.1 Å². The maximum Gasteiger partial charge on any atom is 0.490 e. The van der Waals surface area contributed by atoms with Gasteiger partial charge in [-0.2, -0.15) is 13.2 Å². The van der Waals surface area contributed by atoms with Gasteiger partial charge in [0, 0.05) is 38.2 Å². The molecule has 0 spiro atoms. The maximum atomic E-state index is 12.3. The normalized spacial score (nSPS) is 22.4. The zero-order chi connectivity index (χ0) is 23.7. The molecule has 0 bridgehead atoms. The number of hydrogen-bond donors (Lipinski definition) is 1. The van der Waals surface area contributed by atoms with Crippen molar-refractivity contribution in [3.8, 4) is 0 Å². The van der Waals surface area contributed by atoms with Crippen LogP contribution in [-0.2, 0) is 25.7 Å². The van der Waals surface area contributed by atoms with E-state index in [1.807, 2.05) is 23.1 Å². The van der Waals surface area contributed by atoms with E-state index in [4.69, 9.17) is 19.4 Å². The van der Waals surface area contributed by atoms with Crippen LogP contribution in [0.4, 0.5) is 13.2 Å². The third kappa shape index (κ3) is 8.38. The summed E-state index contributed by atoms with van der Waals surface area (Å²) in [5.74, 6) is -0.922. The number of rotatable bonds is 8. The highest BCUT2D eigenvalue weighted by Crippen LogP contribution is 2.35. The summed E-state index contributed by atoms with van der Waals surface area (Å²) in [6.45, 7) is 8.03. The van der Waals surface area contributed by atoms with Gasteiger partial charge in [-0.05, 0) is 36.8 Å². The van der Waals surface area contributed by atoms with Crippen LogP contribution in [0.5, 0.6) is 0 Å². The number of fused-ring (bicyclic) bond motifs is 1. The summed E-state index contributed by atoms with van der Waals surface area (Å²) in [6, 6.07) is 5.87. The van der Waals surface area contributed by atoms with Crippen LogP contribution >= 0.6 is 0 Å². The Morgan fingerprint density at radius 3 is 2.62 bits per heavy atom. The quantitative estimate of drug-likeness (QED) is 0.597. The number of pyridine rings is 1. The molecule has 3 rings (SSSR count). The molecular weight excluding hydrogens is 429 g/mol. The van der Waals surface area contributed by atoms with Gasteiger partial charge in [0.15, 0.2) is 0 Å². The lowest BCUT2D eigenvalue weighted by Crippen LogP contribution is -2.31. The van der Waals surface area contributed by atoms with Crippen molar-refractivity contribution in [3.63, 3.8) is 0 Å². The molecule has 1 N–H and O–H groups in total. The van der Waals surface area contributed by atoms with Crippen LogP contribution < -0.4 is 0 Å². The summed E-state index contributed by atoms with van der Waals surface area (Å²) in [5.41, 5.74) is 0.964. The van der Waals surface area contributed by atoms with Crippen LogP contribution in [0.3, 0.4) is 0 Å². The lowest BCUT2D eigenvalue weighted by atomic mass is 9.91. The number of likely N-dealkylation sites (tertiary alicyclic amines) is 1. The minimum atomic E-state index is -5.08. The van der Waals surface area contributed by atoms with E-state index < -0.39 is 12.1 Å². The van der Waals surface area contributed by atoms with Gasteiger partial charge in [-0.15, -0.1) is 0 Å². The molecule has 0 aromatic carbocycles. The second kappa shape index (κ2) is 12.2. The SMILES string of the molecule is CC(C)CCC(=O)N1C[C@H]2[C@@H](CCOCc3ccccn3)CO[C@H]2C1.O=C(O)C(F)(F)F. The lowest BCUT2D eigenvalue weighted by molar-refractivity contribution is -0.192. The molecule has 3 atom stereocenters. The monoisotopic (exact) mass is 460 g/mol. The Bertz CT molecular complexity index is 730. The highest BCUT2D eigenvalue weighted by atomic mass is 19.4. The van der Waals surface area contributed by atoms with Gasteiger partial charge < -0.3 is 19.5 Å². The summed E-state index contributed by atoms with van der Waals surface area (Å²) >= 11 is 0. The van der Waals surface area contributed by atoms with Crippen molar-refractivity contribution in [1.29, 1.82) is 0 Å². The fourth-order valence-electron chi connectivity index (χ4n) is 3.77. The van der Waals surface area contributed by atoms with Crippen LogP contribution in [0.15, 0.2) is 24.4 Å². The predicted molar refractivity (Wildman–Crippen MR) is 110 cm³/mol. The Morgan fingerprint density at radius 1 is 1.31 bits per heavy atom. The molecule has 7 nitrogen and oxygen atoms in total. The van der Waals surface area contributed by atoms with E-state index in [0.717, 1.165) is 44.8 Å². The maximum absolute atomic E-state index is 12.3. The van der Waals surface area contributed by atoms with Crippen LogP contribution in [-0.4, -0.2) is 65.5 Å². The average molecular weight is 460 g/mol. The van der Waals surface area contributed by atoms with Gasteiger partial charge in [0.1, 0.15) is 0 Å². The number of halogens is 3. The van der Waals surface area contributed by atoms with Gasteiger partial charge in [0.2, 0.25) is 5.91 Å². The van der Waals surface area contributed by atoms with E-state index in [1.54, 1.807) is 6.20 Å². The first-order valence-corrected chi connectivity index (χ1v) is 10.7. The molecule has 0 unspecified atom stereocenters. The largest absolute Gasteiger partial charge is 0.490 e. The molecule has 2 saturated heterocycles. The molecule has 0 radical (unpaired) electrons. The van der Waals surface area contributed by atoms with Crippen molar-refractivity contribution in [2.24, 2.45) is 17.8 Å². The Balaban J connectivity index is 0.000000451. The number of carboxylic acids is 1. The third-order valence-corrected chi connectivity index (χ3v) is 5.58. The number of amides is 1. The minimum absolute atomic E-state index is 0.226. The molecule has 3 heterocycles. The predicted octanol–water partition coefficient (Wildman–Crippen LogP) is 3.53. The van der Waals surface area contributed by atoms with Gasteiger partial charge in [-0.25, -0.2) is 4.79 Å². The third-order valence-electron chi connectivity index (χ3n) is 5.58. The van der Waals surface area contributed by atoms with Crippen molar-refractivity contribution in [2.75, 3.05) is 26.3 Å². The summed E-state index contributed by atoms with van der Waals surface area (Å²) in [6.07, 6.45) is -0.450. The molecule has 1 aromatic rings. The van der Waals surface area contributed by atoms with Gasteiger partial charge in [-0.1, -0.05) is 19.9 Å². The highest BCUT2D eigenvalue weighted by Gasteiger charge is 2.44. The van der Waals surface area contributed by atoms with E-state index in [-0.39, 0.29) is 12.0 Å². The molecule has 2 fully saturated rings. The van der Waals surface area contributed by atoms with E-state index in [0.29, 0.717) is 30.8 Å². The fourth-order valence-corrected chi connectivity index (χ4v) is 3.77. The summed E-state index contributed by atoms with van der Waals surface area (Å²) < 4.78 is 43.5. The van der Waals surface area contributed by atoms with Crippen molar-refractivity contribution >= 4 is 11.9 Å². The van der Waals surface area contributed by atoms with Gasteiger partial charge in [0.25, 0.3) is 0 Å². The molecule has 0 aliphatic carbocycles. The number of carboxylic acid groups (broad SMARTS) is 1. The van der Waals surface area contributed by atoms with Gasteiger partial charge in [-0.3, -0.25) is 9.78 Å². The lowest BCUT2D eigenvalue weighted by Gasteiger charge is -2.20. The van der Waals surface area contributed by atoms with Crippen LogP contribution in [0, 0.1) is 17.8 Å². The van der Waals surface area contributed by atoms with Crippen molar-refractivity contribution < 1.29 is 37.3 Å². The molecule has 32 heavy (non-hydrogen) atoms. The summed E-state index contributed by atoms with van der Waals surface area (Å²) in [4.78, 5) is 27.5. The first-order valence-electron chi connectivity index (χ1n) is 10.7. The number of ether oxygens (including phenoxy) is 2. The number of hydrogen-bond acceptors (Lipinski definition) is 5. The Morgan fingerprint density at radius 2 is 2.03 bits per heavy atom. The van der Waals surface area contributed by atoms with E-state index in [1.165, 1.54) is 0 Å². The van der Waals surface area contributed by atoms with E-state index in [9.17, 15) is 18.0 Å². The smallest absolute Gasteiger partial charge is 0.475 e. The Labute approximate surface area is 185 Å². The van der Waals surface area contributed by atoms with E-state index in [2.05, 4.69) is 18.8 Å². The second-order valence-electron chi connectivity index (χ2n) is 8.49. The summed E-state index contributed by atoms with van der Waals surface area (Å²) in [5, 5.41) is 7.12. The number of carbonyl (C=O) groups excluding carboxylic acids is 1. The fraction of sp³-hybridized carbons (Fsp3) is 0.682. The molecule has 2 aliphatic heterocycles. The molecular formula is C22H31F3N2O5. The number of nitrogens with zero attached hydrogens (tertiary/aromatic N) is 2. The first-order chi connectivity index (χ1) is 15.1. The van der Waals surface area contributed by atoms with Crippen LogP contribution in [0.1, 0.15) is 38.8 Å². The van der Waals surface area contributed by atoms with Gasteiger partial charge in [0.05, 0.1) is 25.0 Å². The Kier molecular flexibility index (Phi) is 9.89. The number of carbonyl (C=O) groups is 2. The molecule has 10 heteroatoms. The molecule has 180 valence electrons. The topological polar surface area (TPSA) is 89.0 Å². The molecule has 2 aliphatic rings. The Hall–Kier alpha value is -2.20. The second-order valence-corrected chi connectivity index (χ2v) is 8.49. The molecule has 1 amide bonds. The molecule has 0 saturated carbocycles. The van der Waals surface area contributed by atoms with Crippen LogP contribution in [0.2, 0.25) is 0 Å². The number of aromatic nitrogens is 1. The van der Waals surface area contributed by atoms with Crippen LogP contribution in [0.25, 0.3) is 0 Å². The number of alkyl halides is 3. The zero-order valence-electron chi connectivity index (χ0n) is 18.4. The standard InChI is InChI=1S/C20H30N2O3.C2HF3O2/c1-15(2)6-7-20(23)22-11-18-16(13-25-19(18)12-22)8-10-24-14-17-5-3-4-9-21-17;3-2(4,5)1(6)7/h3-5,9,15-16,18-19H,6-8,10-14H2,1-2H3;(H,6,7)/t16-,18-,19-;/m0./s1. The summed E-state index contributed by atoms with van der Waals surface area (Å²) in [7, 11) is 0. The van der Waals surface area contributed by atoms with E-state index >= 15 is 0 Å². The van der Waals surface area contributed by atoms with Crippen molar-refractivity contribution in [2.45, 2.75) is 52.0 Å². The number of aliphatic carboxylic acids is 1. The average Bonchev–Trinajstić information content (AvgIpc) is 3.31. The zero-order valence-corrected chi connectivity index (χ0v) is 18.4. The molecule has 1 aromatic heterocycles. The minimum Gasteiger partial charge on any atom is -0.475 e. The van der Waals surface area contributed by atoms with Crippen molar-refractivity contribution in [1.82, 2.24) is 9.88 Å². The van der Waals surface area contributed by atoms with Gasteiger partial charge >= 0.3 is 12.1 Å². The highest BCUT2D eigenvalue weighted by molar-refractivity contribution is 5.76.